The molecule has 2 aliphatic heterocycles. The summed E-state index contributed by atoms with van der Waals surface area (Å²) in [5, 5.41) is 0. The molecule has 0 bridgehead atoms. The summed E-state index contributed by atoms with van der Waals surface area (Å²) in [6, 6.07) is 15.9. The molecule has 0 unspecified atom stereocenters. The van der Waals surface area contributed by atoms with Crippen LogP contribution < -0.4 is 14.2 Å². The van der Waals surface area contributed by atoms with Crippen molar-refractivity contribution in [3.05, 3.63) is 77.4 Å². The molecule has 3 aromatic carbocycles. The minimum absolute atomic E-state index is 0.00141. The highest BCUT2D eigenvalue weighted by molar-refractivity contribution is 6.04. The lowest BCUT2D eigenvalue weighted by molar-refractivity contribution is -0.137. The quantitative estimate of drug-likeness (QED) is 0.427. The molecule has 1 saturated heterocycles. The number of rotatable bonds is 4. The van der Waals surface area contributed by atoms with Crippen molar-refractivity contribution >= 4 is 17.4 Å². The topological polar surface area (TPSA) is 63.6 Å². The van der Waals surface area contributed by atoms with Gasteiger partial charge in [0.2, 0.25) is 5.91 Å². The third-order valence-electron chi connectivity index (χ3n) is 6.80. The average molecular weight is 540 g/mol. The summed E-state index contributed by atoms with van der Waals surface area (Å²) < 4.78 is 57.1. The van der Waals surface area contributed by atoms with Gasteiger partial charge in [-0.2, -0.15) is 13.2 Å². The number of alkyl halides is 3. The number of halogens is 3. The second kappa shape index (κ2) is 10.9. The fraction of sp³-hybridized carbons (Fsp3) is 0.310. The minimum atomic E-state index is -4.51. The van der Waals surface area contributed by atoms with E-state index in [9.17, 15) is 18.0 Å². The number of carbonyl (C=O) groups excluding carboxylic acids is 1. The highest BCUT2D eigenvalue weighted by atomic mass is 19.4. The second-order valence-corrected chi connectivity index (χ2v) is 9.33. The van der Waals surface area contributed by atoms with Crippen LogP contribution >= 0.6 is 0 Å². The number of amides is 1. The number of hydrogen-bond donors (Lipinski definition) is 0. The molecular formula is C29H28F3N3O4. The molecule has 0 radical (unpaired) electrons. The Bertz CT molecular complexity index is 1410. The highest BCUT2D eigenvalue weighted by Gasteiger charge is 2.33. The van der Waals surface area contributed by atoms with Crippen molar-refractivity contribution in [2.45, 2.75) is 19.0 Å². The van der Waals surface area contributed by atoms with Crippen LogP contribution in [0.4, 0.5) is 18.9 Å². The Kier molecular flexibility index (Phi) is 7.36. The number of ether oxygens (including phenoxy) is 3. The van der Waals surface area contributed by atoms with E-state index in [4.69, 9.17) is 19.2 Å². The van der Waals surface area contributed by atoms with Crippen LogP contribution in [-0.2, 0) is 17.4 Å². The third kappa shape index (κ3) is 5.79. The van der Waals surface area contributed by atoms with Gasteiger partial charge in [-0.15, -0.1) is 0 Å². The monoisotopic (exact) mass is 539 g/mol. The van der Waals surface area contributed by atoms with E-state index >= 15 is 0 Å². The van der Waals surface area contributed by atoms with Crippen LogP contribution in [0.2, 0.25) is 0 Å². The molecular weight excluding hydrogens is 511 g/mol. The summed E-state index contributed by atoms with van der Waals surface area (Å²) in [6.07, 6.45) is -3.60. The van der Waals surface area contributed by atoms with E-state index in [1.165, 1.54) is 13.2 Å². The molecule has 0 spiro atoms. The predicted octanol–water partition coefficient (Wildman–Crippen LogP) is 5.68. The fourth-order valence-electron chi connectivity index (χ4n) is 4.75. The Labute approximate surface area is 224 Å². The molecule has 0 aliphatic carbocycles. The zero-order valence-corrected chi connectivity index (χ0v) is 21.6. The molecule has 0 aromatic heterocycles. The van der Waals surface area contributed by atoms with Gasteiger partial charge in [0, 0.05) is 26.2 Å². The summed E-state index contributed by atoms with van der Waals surface area (Å²) in [5.41, 5.74) is 0.756. The lowest BCUT2D eigenvalue weighted by Crippen LogP contribution is -2.38. The first kappa shape index (κ1) is 26.4. The summed E-state index contributed by atoms with van der Waals surface area (Å²) in [4.78, 5) is 21.6. The number of aliphatic imine (C=N–C) groups is 1. The zero-order valence-electron chi connectivity index (χ0n) is 21.6. The number of nitrogens with zero attached hydrogens (tertiary/aromatic N) is 3. The van der Waals surface area contributed by atoms with Crippen LogP contribution in [0.3, 0.4) is 0 Å². The largest absolute Gasteiger partial charge is 0.497 e. The van der Waals surface area contributed by atoms with E-state index in [1.54, 1.807) is 25.3 Å². The predicted molar refractivity (Wildman–Crippen MR) is 140 cm³/mol. The number of methoxy groups -OCH3 is 2. The van der Waals surface area contributed by atoms with E-state index in [0.29, 0.717) is 61.2 Å². The number of fused-ring (bicyclic) bond motifs is 2. The van der Waals surface area contributed by atoms with Crippen molar-refractivity contribution in [1.29, 1.82) is 0 Å². The van der Waals surface area contributed by atoms with Gasteiger partial charge in [0.05, 0.1) is 31.8 Å². The van der Waals surface area contributed by atoms with Crippen LogP contribution in [0.5, 0.6) is 23.0 Å². The highest BCUT2D eigenvalue weighted by Crippen LogP contribution is 2.42. The van der Waals surface area contributed by atoms with E-state index in [-0.39, 0.29) is 23.8 Å². The normalized spacial score (nSPS) is 15.3. The first-order valence-corrected chi connectivity index (χ1v) is 12.6. The van der Waals surface area contributed by atoms with Crippen LogP contribution in [-0.4, -0.2) is 61.9 Å². The summed E-state index contributed by atoms with van der Waals surface area (Å²) in [6.45, 7) is 2.01. The first-order chi connectivity index (χ1) is 18.7. The first-order valence-electron chi connectivity index (χ1n) is 12.6. The number of carbonyl (C=O) groups is 1. The maximum Gasteiger partial charge on any atom is 0.416 e. The molecule has 0 saturated carbocycles. The van der Waals surface area contributed by atoms with Gasteiger partial charge in [-0.1, -0.05) is 12.1 Å². The number of hydrogen-bond acceptors (Lipinski definition) is 6. The molecule has 1 fully saturated rings. The Balaban J connectivity index is 1.43. The molecule has 0 N–H and O–H groups in total. The van der Waals surface area contributed by atoms with Crippen molar-refractivity contribution in [3.63, 3.8) is 0 Å². The average Bonchev–Trinajstić information content (AvgIpc) is 3.27. The maximum absolute atomic E-state index is 13.5. The van der Waals surface area contributed by atoms with Crippen molar-refractivity contribution in [2.75, 3.05) is 40.4 Å². The van der Waals surface area contributed by atoms with E-state index in [0.717, 1.165) is 17.7 Å². The van der Waals surface area contributed by atoms with E-state index in [2.05, 4.69) is 0 Å². The van der Waals surface area contributed by atoms with Crippen LogP contribution in [0.15, 0.2) is 65.7 Å². The van der Waals surface area contributed by atoms with Crippen molar-refractivity contribution < 1.29 is 32.2 Å². The van der Waals surface area contributed by atoms with E-state index in [1.807, 2.05) is 34.1 Å². The maximum atomic E-state index is 13.5. The standard InChI is InChI=1S/C29H28F3N3O4/c1-37-21-6-3-5-19(15-21)16-27(36)34-11-4-12-35(14-13-34)28-23-18-22(38-2)8-10-25(23)39-26-9-7-20(29(30,31)32)17-24(26)33-28/h3,5-10,15,17-18H,4,11-14,16H2,1-2H3. The van der Waals surface area contributed by atoms with Gasteiger partial charge >= 0.3 is 6.18 Å². The molecule has 10 heteroatoms. The Morgan fingerprint density at radius 2 is 1.69 bits per heavy atom. The molecule has 2 aliphatic rings. The van der Waals surface area contributed by atoms with Crippen LogP contribution in [0, 0.1) is 0 Å². The lowest BCUT2D eigenvalue weighted by atomic mass is 10.1. The van der Waals surface area contributed by atoms with Crippen molar-refractivity contribution in [2.24, 2.45) is 4.99 Å². The summed E-state index contributed by atoms with van der Waals surface area (Å²) in [7, 11) is 3.12. The van der Waals surface area contributed by atoms with Gasteiger partial charge in [0.15, 0.2) is 5.75 Å². The van der Waals surface area contributed by atoms with Gasteiger partial charge in [-0.3, -0.25) is 4.79 Å². The Hall–Kier alpha value is -4.21. The van der Waals surface area contributed by atoms with Gasteiger partial charge < -0.3 is 24.0 Å². The molecule has 1 amide bonds. The van der Waals surface area contributed by atoms with Crippen molar-refractivity contribution in [1.82, 2.24) is 9.80 Å². The van der Waals surface area contributed by atoms with Crippen molar-refractivity contribution in [3.8, 4) is 23.0 Å². The number of amidine groups is 1. The fourth-order valence-corrected chi connectivity index (χ4v) is 4.75. The smallest absolute Gasteiger partial charge is 0.416 e. The Morgan fingerprint density at radius 1 is 0.923 bits per heavy atom. The van der Waals surface area contributed by atoms with Gasteiger partial charge in [0.1, 0.15) is 28.8 Å². The molecule has 3 aromatic rings. The van der Waals surface area contributed by atoms with Crippen LogP contribution in [0.25, 0.3) is 0 Å². The molecule has 5 rings (SSSR count). The zero-order chi connectivity index (χ0) is 27.6. The van der Waals surface area contributed by atoms with E-state index < -0.39 is 11.7 Å². The minimum Gasteiger partial charge on any atom is -0.497 e. The Morgan fingerprint density at radius 3 is 2.46 bits per heavy atom. The molecule has 7 nitrogen and oxygen atoms in total. The second-order valence-electron chi connectivity index (χ2n) is 9.33. The van der Waals surface area contributed by atoms with Gasteiger partial charge in [0.25, 0.3) is 0 Å². The molecule has 204 valence electrons. The molecule has 0 atom stereocenters. The van der Waals surface area contributed by atoms with Gasteiger partial charge in [-0.05, 0) is 60.5 Å². The summed E-state index contributed by atoms with van der Waals surface area (Å²) >= 11 is 0. The van der Waals surface area contributed by atoms with Crippen LogP contribution in [0.1, 0.15) is 23.1 Å². The SMILES string of the molecule is COc1cccc(CC(=O)N2CCCN(C3=Nc4cc(C(F)(F)F)ccc4Oc4ccc(OC)cc43)CC2)c1. The molecule has 2 heterocycles. The number of benzene rings is 3. The molecule has 39 heavy (non-hydrogen) atoms. The lowest BCUT2D eigenvalue weighted by Gasteiger charge is -2.25. The van der Waals surface area contributed by atoms with Gasteiger partial charge in [-0.25, -0.2) is 4.99 Å². The summed E-state index contributed by atoms with van der Waals surface area (Å²) in [5.74, 6) is 2.43. The third-order valence-corrected chi connectivity index (χ3v) is 6.80.